The number of ether oxygens (including phenoxy) is 2. The fourth-order valence-electron chi connectivity index (χ4n) is 2.78. The van der Waals surface area contributed by atoms with Crippen LogP contribution < -0.4 is 20.7 Å². The van der Waals surface area contributed by atoms with Gasteiger partial charge in [-0.3, -0.25) is 9.79 Å². The molecule has 3 N–H and O–H groups in total. The third-order valence-electron chi connectivity index (χ3n) is 4.38. The number of amides is 1. The van der Waals surface area contributed by atoms with Crippen molar-refractivity contribution >= 4 is 11.9 Å². The topological polar surface area (TPSA) is 84.0 Å². The Bertz CT molecular complexity index is 809. The normalized spacial score (nSPS) is 11.1. The molecule has 30 heavy (non-hydrogen) atoms. The van der Waals surface area contributed by atoms with Crippen molar-refractivity contribution in [3.63, 3.8) is 0 Å². The van der Waals surface area contributed by atoms with Crippen LogP contribution in [0.25, 0.3) is 0 Å². The van der Waals surface area contributed by atoms with Gasteiger partial charge in [-0.2, -0.15) is 0 Å². The molecule has 0 aliphatic rings. The number of hydrogen-bond acceptors (Lipinski definition) is 4. The van der Waals surface area contributed by atoms with Crippen molar-refractivity contribution in [3.05, 3.63) is 65.2 Å². The van der Waals surface area contributed by atoms with E-state index < -0.39 is 0 Å². The highest BCUT2D eigenvalue weighted by atomic mass is 16.5. The first-order valence-corrected chi connectivity index (χ1v) is 10.1. The monoisotopic (exact) mass is 412 g/mol. The van der Waals surface area contributed by atoms with Crippen LogP contribution in [0.3, 0.4) is 0 Å². The molecule has 1 amide bonds. The van der Waals surface area contributed by atoms with Crippen LogP contribution in [0, 0.1) is 6.92 Å². The van der Waals surface area contributed by atoms with E-state index in [1.54, 1.807) is 26.3 Å². The zero-order valence-electron chi connectivity index (χ0n) is 18.0. The summed E-state index contributed by atoms with van der Waals surface area (Å²) in [5.74, 6) is 1.44. The third kappa shape index (κ3) is 8.13. The third-order valence-corrected chi connectivity index (χ3v) is 4.38. The highest BCUT2D eigenvalue weighted by molar-refractivity contribution is 5.94. The van der Waals surface area contributed by atoms with Crippen molar-refractivity contribution in [1.29, 1.82) is 0 Å². The molecular weight excluding hydrogens is 380 g/mol. The Kier molecular flexibility index (Phi) is 10.2. The second kappa shape index (κ2) is 13.2. The number of nitrogens with one attached hydrogen (secondary N) is 3. The zero-order chi connectivity index (χ0) is 21.6. The Balaban J connectivity index is 1.77. The van der Waals surface area contributed by atoms with Gasteiger partial charge in [0, 0.05) is 57.9 Å². The molecule has 0 aliphatic carbocycles. The predicted octanol–water partition coefficient (Wildman–Crippen LogP) is 2.51. The first kappa shape index (κ1) is 23.2. The largest absolute Gasteiger partial charge is 0.493 e. The number of carbonyl (C=O) groups excluding carboxylic acids is 1. The zero-order valence-corrected chi connectivity index (χ0v) is 18.0. The Morgan fingerprint density at radius 1 is 1.00 bits per heavy atom. The molecule has 2 aromatic rings. The van der Waals surface area contributed by atoms with E-state index in [1.807, 2.05) is 31.2 Å². The lowest BCUT2D eigenvalue weighted by Gasteiger charge is -2.15. The number of nitrogens with zero attached hydrogens (tertiary/aromatic N) is 1. The van der Waals surface area contributed by atoms with E-state index in [0.717, 1.165) is 23.3 Å². The summed E-state index contributed by atoms with van der Waals surface area (Å²) >= 11 is 0. The van der Waals surface area contributed by atoms with Gasteiger partial charge in [0.2, 0.25) is 0 Å². The molecule has 0 aliphatic heterocycles. The fraction of sp³-hybridized carbons (Fsp3) is 0.391. The van der Waals surface area contributed by atoms with Gasteiger partial charge in [-0.05, 0) is 30.7 Å². The first-order valence-electron chi connectivity index (χ1n) is 10.1. The molecule has 2 rings (SSSR count). The number of aliphatic imine (C=N–C) groups is 1. The van der Waals surface area contributed by atoms with Gasteiger partial charge in [-0.25, -0.2) is 0 Å². The molecule has 7 heteroatoms. The summed E-state index contributed by atoms with van der Waals surface area (Å²) in [5, 5.41) is 9.38. The lowest BCUT2D eigenvalue weighted by Crippen LogP contribution is -2.41. The molecular formula is C23H32N4O3. The average molecular weight is 413 g/mol. The molecule has 162 valence electrons. The summed E-state index contributed by atoms with van der Waals surface area (Å²) in [5.41, 5.74) is 2.85. The maximum Gasteiger partial charge on any atom is 0.251 e. The van der Waals surface area contributed by atoms with E-state index in [1.165, 1.54) is 0 Å². The molecule has 0 bridgehead atoms. The van der Waals surface area contributed by atoms with E-state index in [4.69, 9.17) is 9.47 Å². The highest BCUT2D eigenvalue weighted by Gasteiger charge is 2.07. The molecule has 0 radical (unpaired) electrons. The van der Waals surface area contributed by atoms with E-state index in [9.17, 15) is 4.79 Å². The molecule has 0 spiro atoms. The van der Waals surface area contributed by atoms with Crippen molar-refractivity contribution in [2.24, 2.45) is 4.99 Å². The number of methoxy groups -OCH3 is 1. The maximum atomic E-state index is 12.1. The smallest absolute Gasteiger partial charge is 0.251 e. The van der Waals surface area contributed by atoms with Crippen LogP contribution >= 0.6 is 0 Å². The van der Waals surface area contributed by atoms with E-state index in [0.29, 0.717) is 44.4 Å². The van der Waals surface area contributed by atoms with Crippen LogP contribution in [0.15, 0.2) is 53.5 Å². The minimum atomic E-state index is -0.0877. The van der Waals surface area contributed by atoms with Crippen molar-refractivity contribution in [2.45, 2.75) is 19.9 Å². The number of hydrogen-bond donors (Lipinski definition) is 3. The molecule has 0 unspecified atom stereocenters. The Morgan fingerprint density at radius 2 is 1.77 bits per heavy atom. The minimum absolute atomic E-state index is 0.0877. The lowest BCUT2D eigenvalue weighted by atomic mass is 10.1. The number of carbonyl (C=O) groups is 1. The van der Waals surface area contributed by atoms with E-state index >= 15 is 0 Å². The fourth-order valence-corrected chi connectivity index (χ4v) is 2.78. The summed E-state index contributed by atoms with van der Waals surface area (Å²) in [6, 6.07) is 15.3. The van der Waals surface area contributed by atoms with Crippen LogP contribution in [-0.4, -0.2) is 52.3 Å². The summed E-state index contributed by atoms with van der Waals surface area (Å²) in [6.45, 7) is 4.97. The molecule has 0 saturated heterocycles. The summed E-state index contributed by atoms with van der Waals surface area (Å²) < 4.78 is 11.0. The van der Waals surface area contributed by atoms with Crippen LogP contribution in [-0.2, 0) is 11.3 Å². The molecule has 2 aromatic carbocycles. The van der Waals surface area contributed by atoms with Gasteiger partial charge >= 0.3 is 0 Å². The molecule has 7 nitrogen and oxygen atoms in total. The summed E-state index contributed by atoms with van der Waals surface area (Å²) in [7, 11) is 3.41. The molecule has 0 saturated carbocycles. The Morgan fingerprint density at radius 3 is 2.50 bits per heavy atom. The second-order valence-electron chi connectivity index (χ2n) is 6.78. The Labute approximate surface area is 178 Å². The van der Waals surface area contributed by atoms with Crippen molar-refractivity contribution < 1.29 is 14.3 Å². The Hall–Kier alpha value is -3.06. The van der Waals surface area contributed by atoms with Crippen LogP contribution in [0.1, 0.15) is 27.9 Å². The molecule has 0 aromatic heterocycles. The summed E-state index contributed by atoms with van der Waals surface area (Å²) in [6.07, 6.45) is 0.842. The highest BCUT2D eigenvalue weighted by Crippen LogP contribution is 2.20. The standard InChI is InChI=1S/C23H32N4O3/c1-18-10-11-20(21(16-18)30-15-7-14-29-3)17-27-23(24-2)26-13-12-25-22(28)19-8-5-4-6-9-19/h4-6,8-11,16H,7,12-15,17H2,1-3H3,(H,25,28)(H2,24,26,27). The number of aryl methyl sites for hydroxylation is 1. The van der Waals surface area contributed by atoms with Crippen LogP contribution in [0.2, 0.25) is 0 Å². The van der Waals surface area contributed by atoms with E-state index in [2.05, 4.69) is 33.1 Å². The number of guanidine groups is 1. The quantitative estimate of drug-likeness (QED) is 0.300. The lowest BCUT2D eigenvalue weighted by molar-refractivity contribution is 0.0954. The van der Waals surface area contributed by atoms with Gasteiger partial charge < -0.3 is 25.4 Å². The van der Waals surface area contributed by atoms with Crippen LogP contribution in [0.4, 0.5) is 0 Å². The maximum absolute atomic E-state index is 12.1. The molecule has 0 fully saturated rings. The van der Waals surface area contributed by atoms with Crippen molar-refractivity contribution in [1.82, 2.24) is 16.0 Å². The number of benzene rings is 2. The van der Waals surface area contributed by atoms with E-state index in [-0.39, 0.29) is 5.91 Å². The summed E-state index contributed by atoms with van der Waals surface area (Å²) in [4.78, 5) is 16.3. The van der Waals surface area contributed by atoms with Gasteiger partial charge in [0.15, 0.2) is 5.96 Å². The number of rotatable bonds is 11. The van der Waals surface area contributed by atoms with Crippen molar-refractivity contribution in [3.8, 4) is 5.75 Å². The van der Waals surface area contributed by atoms with Crippen molar-refractivity contribution in [2.75, 3.05) is 40.5 Å². The van der Waals surface area contributed by atoms with Gasteiger partial charge in [0.05, 0.1) is 6.61 Å². The average Bonchev–Trinajstić information content (AvgIpc) is 2.77. The van der Waals surface area contributed by atoms with Gasteiger partial charge in [0.1, 0.15) is 5.75 Å². The van der Waals surface area contributed by atoms with Gasteiger partial charge in [-0.15, -0.1) is 0 Å². The minimum Gasteiger partial charge on any atom is -0.493 e. The SMILES string of the molecule is CN=C(NCCNC(=O)c1ccccc1)NCc1ccc(C)cc1OCCCOC. The van der Waals surface area contributed by atoms with Gasteiger partial charge in [0.25, 0.3) is 5.91 Å². The molecule has 0 atom stereocenters. The molecule has 0 heterocycles. The first-order chi connectivity index (χ1) is 14.6. The predicted molar refractivity (Wildman–Crippen MR) is 120 cm³/mol. The second-order valence-corrected chi connectivity index (χ2v) is 6.78. The van der Waals surface area contributed by atoms with Gasteiger partial charge in [-0.1, -0.05) is 30.3 Å². The van der Waals surface area contributed by atoms with Crippen LogP contribution in [0.5, 0.6) is 5.75 Å².